The Labute approximate surface area is 60.5 Å². The van der Waals surface area contributed by atoms with Crippen LogP contribution in [0.25, 0.3) is 0 Å². The number of halogens is 1. The first-order valence-electron chi connectivity index (χ1n) is 3.30. The molecule has 0 aromatic heterocycles. The molecule has 0 spiro atoms. The van der Waals surface area contributed by atoms with E-state index in [9.17, 15) is 0 Å². The van der Waals surface area contributed by atoms with Crippen molar-refractivity contribution < 1.29 is 4.74 Å². The van der Waals surface area contributed by atoms with Crippen LogP contribution in [-0.4, -0.2) is 25.3 Å². The van der Waals surface area contributed by atoms with E-state index < -0.39 is 0 Å². The Hall–Kier alpha value is 0.210. The molecule has 2 nitrogen and oxygen atoms in total. The van der Waals surface area contributed by atoms with Crippen LogP contribution in [0.2, 0.25) is 0 Å². The van der Waals surface area contributed by atoms with Crippen LogP contribution in [0.3, 0.4) is 0 Å². The predicted molar refractivity (Wildman–Crippen MR) is 37.7 cm³/mol. The van der Waals surface area contributed by atoms with Crippen molar-refractivity contribution in [3.8, 4) is 0 Å². The molecular formula is C6H12ClNO. The summed E-state index contributed by atoms with van der Waals surface area (Å²) in [4.78, 5) is 0. The second-order valence-corrected chi connectivity index (χ2v) is 2.49. The highest BCUT2D eigenvalue weighted by molar-refractivity contribution is 6.17. The van der Waals surface area contributed by atoms with Gasteiger partial charge in [0.25, 0.3) is 0 Å². The van der Waals surface area contributed by atoms with Gasteiger partial charge in [-0.3, -0.25) is 0 Å². The molecule has 0 amide bonds. The maximum Gasteiger partial charge on any atom is 0.0715 e. The molecule has 3 heteroatoms. The zero-order valence-electron chi connectivity index (χ0n) is 5.40. The number of hydrogen-bond acceptors (Lipinski definition) is 2. The third-order valence-electron chi connectivity index (χ3n) is 1.59. The van der Waals surface area contributed by atoms with E-state index in [0.29, 0.717) is 12.0 Å². The van der Waals surface area contributed by atoms with Crippen molar-refractivity contribution in [1.29, 1.82) is 0 Å². The van der Waals surface area contributed by atoms with Gasteiger partial charge in [-0.25, -0.2) is 0 Å². The highest BCUT2D eigenvalue weighted by Crippen LogP contribution is 2.05. The molecular weight excluding hydrogens is 138 g/mol. The normalized spacial score (nSPS) is 22.3. The predicted octanol–water partition coefficient (Wildman–Crippen LogP) is 0.951. The van der Waals surface area contributed by atoms with Crippen molar-refractivity contribution in [1.82, 2.24) is 5.32 Å². The highest BCUT2D eigenvalue weighted by Gasteiger charge is 2.11. The van der Waals surface area contributed by atoms with Crippen molar-refractivity contribution in [2.75, 3.05) is 19.2 Å². The first kappa shape index (κ1) is 7.32. The van der Waals surface area contributed by atoms with Gasteiger partial charge in [0.05, 0.1) is 6.00 Å². The summed E-state index contributed by atoms with van der Waals surface area (Å²) in [5.41, 5.74) is 0. The zero-order valence-corrected chi connectivity index (χ0v) is 6.16. The third kappa shape index (κ3) is 2.52. The summed E-state index contributed by atoms with van der Waals surface area (Å²) in [5.74, 6) is 0. The van der Waals surface area contributed by atoms with Crippen LogP contribution < -0.4 is 5.32 Å². The van der Waals surface area contributed by atoms with Crippen molar-refractivity contribution in [2.24, 2.45) is 0 Å². The van der Waals surface area contributed by atoms with Gasteiger partial charge in [0.15, 0.2) is 0 Å². The van der Waals surface area contributed by atoms with Crippen LogP contribution in [0.5, 0.6) is 0 Å². The fourth-order valence-corrected chi connectivity index (χ4v) is 1.23. The van der Waals surface area contributed by atoms with Crippen LogP contribution in [0.1, 0.15) is 12.8 Å². The fourth-order valence-electron chi connectivity index (χ4n) is 1.01. The average molecular weight is 150 g/mol. The summed E-state index contributed by atoms with van der Waals surface area (Å²) in [7, 11) is 0. The van der Waals surface area contributed by atoms with Gasteiger partial charge in [-0.2, -0.15) is 0 Å². The minimum Gasteiger partial charge on any atom is -0.381 e. The number of alkyl halides is 1. The van der Waals surface area contributed by atoms with E-state index in [2.05, 4.69) is 5.32 Å². The van der Waals surface area contributed by atoms with E-state index >= 15 is 0 Å². The number of hydrogen-bond donors (Lipinski definition) is 1. The second kappa shape index (κ2) is 4.09. The van der Waals surface area contributed by atoms with Crippen LogP contribution in [0, 0.1) is 0 Å². The first-order valence-corrected chi connectivity index (χ1v) is 3.84. The van der Waals surface area contributed by atoms with E-state index in [1.807, 2.05) is 0 Å². The summed E-state index contributed by atoms with van der Waals surface area (Å²) < 4.78 is 5.16. The number of nitrogens with one attached hydrogen (secondary N) is 1. The Kier molecular flexibility index (Phi) is 3.33. The Balaban J connectivity index is 2.08. The van der Waals surface area contributed by atoms with Crippen LogP contribution in [-0.2, 0) is 4.74 Å². The molecule has 9 heavy (non-hydrogen) atoms. The van der Waals surface area contributed by atoms with E-state index in [1.54, 1.807) is 0 Å². The Morgan fingerprint density at radius 1 is 1.44 bits per heavy atom. The molecule has 1 fully saturated rings. The SMILES string of the molecule is ClCNC1CCOCC1. The zero-order chi connectivity index (χ0) is 6.53. The molecule has 1 N–H and O–H groups in total. The Morgan fingerprint density at radius 3 is 2.67 bits per heavy atom. The molecule has 0 unspecified atom stereocenters. The molecule has 54 valence electrons. The maximum atomic E-state index is 5.48. The van der Waals surface area contributed by atoms with E-state index in [-0.39, 0.29) is 0 Å². The molecule has 1 heterocycles. The van der Waals surface area contributed by atoms with Gasteiger partial charge in [-0.15, -0.1) is 11.6 Å². The maximum absolute atomic E-state index is 5.48. The Bertz CT molecular complexity index is 70.7. The second-order valence-electron chi connectivity index (χ2n) is 2.22. The van der Waals surface area contributed by atoms with Gasteiger partial charge >= 0.3 is 0 Å². The van der Waals surface area contributed by atoms with E-state index in [0.717, 1.165) is 26.1 Å². The molecule has 0 saturated carbocycles. The molecule has 0 aromatic rings. The molecule has 0 aromatic carbocycles. The summed E-state index contributed by atoms with van der Waals surface area (Å²) in [6, 6.07) is 1.15. The molecule has 1 rings (SSSR count). The fraction of sp³-hybridized carbons (Fsp3) is 1.00. The lowest BCUT2D eigenvalue weighted by Gasteiger charge is -2.21. The van der Waals surface area contributed by atoms with E-state index in [1.165, 1.54) is 0 Å². The number of rotatable bonds is 2. The minimum atomic E-state index is 0.560. The average Bonchev–Trinajstić information content (AvgIpc) is 1.91. The number of ether oxygens (including phenoxy) is 1. The molecule has 0 aliphatic carbocycles. The molecule has 0 radical (unpaired) electrons. The summed E-state index contributed by atoms with van der Waals surface area (Å²) in [6.07, 6.45) is 2.21. The smallest absolute Gasteiger partial charge is 0.0715 e. The topological polar surface area (TPSA) is 21.3 Å². The van der Waals surface area contributed by atoms with Crippen molar-refractivity contribution in [3.63, 3.8) is 0 Å². The lowest BCUT2D eigenvalue weighted by atomic mass is 10.1. The summed E-state index contributed by atoms with van der Waals surface area (Å²) >= 11 is 5.48. The van der Waals surface area contributed by atoms with Gasteiger partial charge in [-0.05, 0) is 12.8 Å². The van der Waals surface area contributed by atoms with Gasteiger partial charge in [0.2, 0.25) is 0 Å². The van der Waals surface area contributed by atoms with Gasteiger partial charge < -0.3 is 10.1 Å². The monoisotopic (exact) mass is 149 g/mol. The lowest BCUT2D eigenvalue weighted by Crippen LogP contribution is -2.33. The highest BCUT2D eigenvalue weighted by atomic mass is 35.5. The standard InChI is InChI=1S/C6H12ClNO/c7-5-8-6-1-3-9-4-2-6/h6,8H,1-5H2. The minimum absolute atomic E-state index is 0.560. The largest absolute Gasteiger partial charge is 0.381 e. The van der Waals surface area contributed by atoms with Crippen molar-refractivity contribution >= 4 is 11.6 Å². The Morgan fingerprint density at radius 2 is 2.11 bits per heavy atom. The molecule has 1 saturated heterocycles. The first-order chi connectivity index (χ1) is 4.43. The van der Waals surface area contributed by atoms with Gasteiger partial charge in [0.1, 0.15) is 0 Å². The van der Waals surface area contributed by atoms with Crippen LogP contribution in [0.15, 0.2) is 0 Å². The third-order valence-corrected chi connectivity index (χ3v) is 1.74. The van der Waals surface area contributed by atoms with Crippen molar-refractivity contribution in [3.05, 3.63) is 0 Å². The molecule has 0 atom stereocenters. The molecule has 0 bridgehead atoms. The quantitative estimate of drug-likeness (QED) is 0.467. The molecule has 1 aliphatic heterocycles. The van der Waals surface area contributed by atoms with Crippen molar-refractivity contribution in [2.45, 2.75) is 18.9 Å². The summed E-state index contributed by atoms with van der Waals surface area (Å²) in [5, 5.41) is 3.17. The van der Waals surface area contributed by atoms with Gasteiger partial charge in [0, 0.05) is 19.3 Å². The van der Waals surface area contributed by atoms with Crippen LogP contribution >= 0.6 is 11.6 Å². The van der Waals surface area contributed by atoms with Crippen LogP contribution in [0.4, 0.5) is 0 Å². The van der Waals surface area contributed by atoms with E-state index in [4.69, 9.17) is 16.3 Å². The molecule has 1 aliphatic rings. The summed E-state index contributed by atoms with van der Waals surface area (Å²) in [6.45, 7) is 1.77. The van der Waals surface area contributed by atoms with Gasteiger partial charge in [-0.1, -0.05) is 0 Å². The lowest BCUT2D eigenvalue weighted by molar-refractivity contribution is 0.0794.